The van der Waals surface area contributed by atoms with Crippen molar-refractivity contribution in [2.75, 3.05) is 32.6 Å². The molecule has 1 heterocycles. The number of anilines is 1. The van der Waals surface area contributed by atoms with Crippen LogP contribution < -0.4 is 20.1 Å². The molecule has 0 aliphatic heterocycles. The van der Waals surface area contributed by atoms with Gasteiger partial charge in [-0.2, -0.15) is 5.10 Å². The maximum absolute atomic E-state index is 5.36. The number of aromatic nitrogens is 2. The van der Waals surface area contributed by atoms with E-state index in [9.17, 15) is 0 Å². The van der Waals surface area contributed by atoms with Gasteiger partial charge in [0.25, 0.3) is 0 Å². The molecule has 0 atom stereocenters. The molecule has 7 nitrogen and oxygen atoms in total. The monoisotopic (exact) mass is 393 g/mol. The first-order chi connectivity index (χ1) is 14.2. The van der Waals surface area contributed by atoms with Gasteiger partial charge < -0.3 is 20.1 Å². The van der Waals surface area contributed by atoms with Crippen LogP contribution in [0.1, 0.15) is 12.5 Å². The second-order valence-electron chi connectivity index (χ2n) is 6.33. The van der Waals surface area contributed by atoms with Crippen LogP contribution in [-0.2, 0) is 6.42 Å². The van der Waals surface area contributed by atoms with E-state index in [-0.39, 0.29) is 0 Å². The molecule has 0 aliphatic rings. The van der Waals surface area contributed by atoms with Gasteiger partial charge in [0.05, 0.1) is 26.1 Å². The Hall–Kier alpha value is -3.48. The molecular formula is C22H27N5O2. The van der Waals surface area contributed by atoms with Gasteiger partial charge in [-0.15, -0.1) is 0 Å². The number of para-hydroxylation sites is 1. The number of methoxy groups -OCH3 is 2. The van der Waals surface area contributed by atoms with Gasteiger partial charge in [-0.05, 0) is 43.2 Å². The van der Waals surface area contributed by atoms with E-state index in [0.29, 0.717) is 18.0 Å². The molecule has 2 aromatic carbocycles. The normalized spacial score (nSPS) is 11.2. The van der Waals surface area contributed by atoms with Gasteiger partial charge in [0, 0.05) is 31.0 Å². The number of nitrogens with one attached hydrogen (secondary N) is 2. The van der Waals surface area contributed by atoms with Crippen molar-refractivity contribution in [1.82, 2.24) is 15.1 Å². The third-order valence-electron chi connectivity index (χ3n) is 4.32. The summed E-state index contributed by atoms with van der Waals surface area (Å²) in [6.45, 7) is 3.45. The maximum Gasteiger partial charge on any atom is 0.195 e. The molecule has 0 bridgehead atoms. The smallest absolute Gasteiger partial charge is 0.195 e. The van der Waals surface area contributed by atoms with Crippen molar-refractivity contribution in [1.29, 1.82) is 0 Å². The Balaban J connectivity index is 1.63. The molecule has 3 rings (SSSR count). The lowest BCUT2D eigenvalue weighted by Gasteiger charge is -2.13. The van der Waals surface area contributed by atoms with Crippen molar-refractivity contribution in [3.63, 3.8) is 0 Å². The van der Waals surface area contributed by atoms with Gasteiger partial charge in [-0.3, -0.25) is 4.99 Å². The Morgan fingerprint density at radius 1 is 1.07 bits per heavy atom. The lowest BCUT2D eigenvalue weighted by atomic mass is 10.2. The summed E-state index contributed by atoms with van der Waals surface area (Å²) in [7, 11) is 3.24. The SMILES string of the molecule is CCNC(=NCCc1cnn(-c2ccccc2)c1)Nc1ccc(OC)c(OC)c1. The highest BCUT2D eigenvalue weighted by atomic mass is 16.5. The van der Waals surface area contributed by atoms with Crippen LogP contribution in [0.5, 0.6) is 11.5 Å². The fraction of sp³-hybridized carbons (Fsp3) is 0.273. The first-order valence-corrected chi connectivity index (χ1v) is 9.59. The molecule has 0 unspecified atom stereocenters. The van der Waals surface area contributed by atoms with Gasteiger partial charge in [0.15, 0.2) is 17.5 Å². The van der Waals surface area contributed by atoms with Crippen molar-refractivity contribution >= 4 is 11.6 Å². The lowest BCUT2D eigenvalue weighted by Crippen LogP contribution is -2.30. The number of hydrogen-bond acceptors (Lipinski definition) is 4. The number of benzene rings is 2. The fourth-order valence-electron chi connectivity index (χ4n) is 2.87. The highest BCUT2D eigenvalue weighted by molar-refractivity contribution is 5.93. The first-order valence-electron chi connectivity index (χ1n) is 9.59. The van der Waals surface area contributed by atoms with Crippen LogP contribution in [0.25, 0.3) is 5.69 Å². The predicted molar refractivity (Wildman–Crippen MR) is 116 cm³/mol. The zero-order chi connectivity index (χ0) is 20.5. The Bertz CT molecular complexity index is 937. The standard InChI is InChI=1S/C22H27N5O2/c1-4-23-22(26-18-10-11-20(28-2)21(14-18)29-3)24-13-12-17-15-25-27(16-17)19-8-6-5-7-9-19/h5-11,14-16H,4,12-13H2,1-3H3,(H2,23,24,26). The molecule has 29 heavy (non-hydrogen) atoms. The second-order valence-corrected chi connectivity index (χ2v) is 6.33. The van der Waals surface area contributed by atoms with E-state index < -0.39 is 0 Å². The van der Waals surface area contributed by atoms with E-state index in [4.69, 9.17) is 9.47 Å². The Labute approximate surface area is 171 Å². The van der Waals surface area contributed by atoms with Crippen molar-refractivity contribution in [2.45, 2.75) is 13.3 Å². The number of ether oxygens (including phenoxy) is 2. The minimum absolute atomic E-state index is 0.642. The summed E-state index contributed by atoms with van der Waals surface area (Å²) in [6.07, 6.45) is 4.73. The average Bonchev–Trinajstić information content (AvgIpc) is 3.23. The number of rotatable bonds is 8. The van der Waals surface area contributed by atoms with Crippen LogP contribution in [0.3, 0.4) is 0 Å². The van der Waals surface area contributed by atoms with Gasteiger partial charge in [-0.1, -0.05) is 18.2 Å². The summed E-state index contributed by atoms with van der Waals surface area (Å²) < 4.78 is 12.5. The van der Waals surface area contributed by atoms with Crippen LogP contribution in [0.4, 0.5) is 5.69 Å². The maximum atomic E-state index is 5.36. The quantitative estimate of drug-likeness (QED) is 0.453. The molecule has 0 saturated carbocycles. The van der Waals surface area contributed by atoms with Crippen molar-refractivity contribution in [3.8, 4) is 17.2 Å². The average molecular weight is 393 g/mol. The number of hydrogen-bond donors (Lipinski definition) is 2. The van der Waals surface area contributed by atoms with Crippen LogP contribution >= 0.6 is 0 Å². The molecule has 0 spiro atoms. The molecule has 2 N–H and O–H groups in total. The molecule has 0 fully saturated rings. The van der Waals surface area contributed by atoms with Gasteiger partial charge >= 0.3 is 0 Å². The van der Waals surface area contributed by atoms with E-state index in [2.05, 4.69) is 20.7 Å². The minimum Gasteiger partial charge on any atom is -0.493 e. The summed E-state index contributed by atoms with van der Waals surface area (Å²) in [5.41, 5.74) is 3.06. The van der Waals surface area contributed by atoms with E-state index in [1.54, 1.807) is 14.2 Å². The zero-order valence-electron chi connectivity index (χ0n) is 17.1. The lowest BCUT2D eigenvalue weighted by molar-refractivity contribution is 0.355. The highest BCUT2D eigenvalue weighted by Gasteiger charge is 2.06. The number of guanidine groups is 1. The Morgan fingerprint density at radius 3 is 2.59 bits per heavy atom. The predicted octanol–water partition coefficient (Wildman–Crippen LogP) is 3.51. The van der Waals surface area contributed by atoms with Crippen LogP contribution in [-0.4, -0.2) is 43.0 Å². The molecule has 0 radical (unpaired) electrons. The van der Waals surface area contributed by atoms with Gasteiger partial charge in [0.2, 0.25) is 0 Å². The fourth-order valence-corrected chi connectivity index (χ4v) is 2.87. The van der Waals surface area contributed by atoms with Crippen LogP contribution in [0.2, 0.25) is 0 Å². The van der Waals surface area contributed by atoms with E-state index in [1.165, 1.54) is 0 Å². The molecule has 7 heteroatoms. The Kier molecular flexibility index (Phi) is 7.10. The van der Waals surface area contributed by atoms with Crippen molar-refractivity contribution in [2.24, 2.45) is 4.99 Å². The topological polar surface area (TPSA) is 72.7 Å². The first kappa shape index (κ1) is 20.3. The minimum atomic E-state index is 0.642. The third-order valence-corrected chi connectivity index (χ3v) is 4.32. The summed E-state index contributed by atoms with van der Waals surface area (Å²) in [5.74, 6) is 2.08. The van der Waals surface area contributed by atoms with E-state index in [1.807, 2.05) is 72.5 Å². The van der Waals surface area contributed by atoms with E-state index in [0.717, 1.165) is 35.9 Å². The molecule has 1 aromatic heterocycles. The van der Waals surface area contributed by atoms with Crippen molar-refractivity contribution < 1.29 is 9.47 Å². The number of nitrogens with zero attached hydrogens (tertiary/aromatic N) is 3. The van der Waals surface area contributed by atoms with E-state index >= 15 is 0 Å². The summed E-state index contributed by atoms with van der Waals surface area (Å²) in [6, 6.07) is 15.7. The largest absolute Gasteiger partial charge is 0.493 e. The Morgan fingerprint density at radius 2 is 1.86 bits per heavy atom. The summed E-state index contributed by atoms with van der Waals surface area (Å²) >= 11 is 0. The van der Waals surface area contributed by atoms with Gasteiger partial charge in [-0.25, -0.2) is 4.68 Å². The highest BCUT2D eigenvalue weighted by Crippen LogP contribution is 2.29. The van der Waals surface area contributed by atoms with Gasteiger partial charge in [0.1, 0.15) is 0 Å². The second kappa shape index (κ2) is 10.2. The third kappa shape index (κ3) is 5.51. The molecule has 3 aromatic rings. The summed E-state index contributed by atoms with van der Waals surface area (Å²) in [5, 5.41) is 11.0. The number of aliphatic imine (C=N–C) groups is 1. The van der Waals surface area contributed by atoms with Crippen LogP contribution in [0.15, 0.2) is 65.9 Å². The van der Waals surface area contributed by atoms with Crippen LogP contribution in [0, 0.1) is 0 Å². The summed E-state index contributed by atoms with van der Waals surface area (Å²) in [4.78, 5) is 4.67. The molecular weight excluding hydrogens is 366 g/mol. The van der Waals surface area contributed by atoms with Crippen molar-refractivity contribution in [3.05, 3.63) is 66.5 Å². The molecule has 152 valence electrons. The molecule has 0 aliphatic carbocycles. The molecule has 0 amide bonds. The zero-order valence-corrected chi connectivity index (χ0v) is 17.1. The molecule has 0 saturated heterocycles.